The minimum Gasteiger partial charge on any atom is -0.494 e. The molecule has 23 heavy (non-hydrogen) atoms. The number of rotatable bonds is 10. The lowest BCUT2D eigenvalue weighted by molar-refractivity contribution is 0.118. The zero-order valence-corrected chi connectivity index (χ0v) is 14.3. The molecule has 3 nitrogen and oxygen atoms in total. The first kappa shape index (κ1) is 17.5. The van der Waals surface area contributed by atoms with E-state index in [1.54, 1.807) is 0 Å². The summed E-state index contributed by atoms with van der Waals surface area (Å²) in [5.74, 6) is 0.920. The summed E-state index contributed by atoms with van der Waals surface area (Å²) in [7, 11) is 0. The number of ether oxygens (including phenoxy) is 2. The predicted molar refractivity (Wildman–Crippen MR) is 94.6 cm³/mol. The molecule has 2 rings (SSSR count). The highest BCUT2D eigenvalue weighted by Gasteiger charge is 2.01. The van der Waals surface area contributed by atoms with Crippen LogP contribution in [-0.2, 0) is 11.3 Å². The molecule has 124 valence electrons. The van der Waals surface area contributed by atoms with Gasteiger partial charge in [0.05, 0.1) is 18.9 Å². The van der Waals surface area contributed by atoms with Gasteiger partial charge in [-0.15, -0.1) is 0 Å². The Labute approximate surface area is 139 Å². The Hall–Kier alpha value is -1.87. The van der Waals surface area contributed by atoms with Crippen LogP contribution in [0.25, 0.3) is 11.3 Å². The van der Waals surface area contributed by atoms with E-state index in [0.717, 1.165) is 61.5 Å². The van der Waals surface area contributed by atoms with E-state index in [2.05, 4.69) is 37.0 Å². The van der Waals surface area contributed by atoms with E-state index < -0.39 is 0 Å². The number of pyridine rings is 1. The topological polar surface area (TPSA) is 31.4 Å². The summed E-state index contributed by atoms with van der Waals surface area (Å²) < 4.78 is 11.3. The second kappa shape index (κ2) is 10.0. The number of aromatic nitrogens is 1. The maximum absolute atomic E-state index is 5.68. The molecule has 0 bridgehead atoms. The van der Waals surface area contributed by atoms with Gasteiger partial charge in [0.25, 0.3) is 0 Å². The van der Waals surface area contributed by atoms with Gasteiger partial charge in [-0.05, 0) is 48.7 Å². The molecule has 0 spiro atoms. The fourth-order valence-corrected chi connectivity index (χ4v) is 2.17. The third-order valence-corrected chi connectivity index (χ3v) is 3.65. The van der Waals surface area contributed by atoms with Crippen LogP contribution in [0.15, 0.2) is 42.6 Å². The lowest BCUT2D eigenvalue weighted by Gasteiger charge is -2.07. The summed E-state index contributed by atoms with van der Waals surface area (Å²) in [6.07, 6.45) is 6.40. The van der Waals surface area contributed by atoms with Crippen LogP contribution >= 0.6 is 0 Å². The third-order valence-electron chi connectivity index (χ3n) is 3.65. The monoisotopic (exact) mass is 313 g/mol. The number of unbranched alkanes of at least 4 members (excludes halogenated alkanes) is 2. The van der Waals surface area contributed by atoms with Gasteiger partial charge < -0.3 is 9.47 Å². The van der Waals surface area contributed by atoms with Crippen LogP contribution in [0.1, 0.15) is 45.1 Å². The molecule has 1 heterocycles. The summed E-state index contributed by atoms with van der Waals surface area (Å²) in [4.78, 5) is 4.53. The zero-order chi connectivity index (χ0) is 16.3. The van der Waals surface area contributed by atoms with Crippen molar-refractivity contribution in [1.82, 2.24) is 4.98 Å². The Bertz CT molecular complexity index is 549. The second-order valence-corrected chi connectivity index (χ2v) is 5.68. The number of hydrogen-bond donors (Lipinski definition) is 0. The van der Waals surface area contributed by atoms with Crippen molar-refractivity contribution in [3.63, 3.8) is 0 Å². The summed E-state index contributed by atoms with van der Waals surface area (Å²) >= 11 is 0. The van der Waals surface area contributed by atoms with Gasteiger partial charge in [0.15, 0.2) is 0 Å². The van der Waals surface area contributed by atoms with Gasteiger partial charge in [-0.25, -0.2) is 0 Å². The first-order valence-corrected chi connectivity index (χ1v) is 8.59. The highest BCUT2D eigenvalue weighted by Crippen LogP contribution is 2.21. The number of benzene rings is 1. The van der Waals surface area contributed by atoms with Crippen molar-refractivity contribution in [3.8, 4) is 17.0 Å². The second-order valence-electron chi connectivity index (χ2n) is 5.68. The number of nitrogens with zero attached hydrogens (tertiary/aromatic N) is 1. The van der Waals surface area contributed by atoms with Crippen LogP contribution in [0.2, 0.25) is 0 Å². The largest absolute Gasteiger partial charge is 0.494 e. The highest BCUT2D eigenvalue weighted by molar-refractivity contribution is 5.60. The molecule has 0 aliphatic carbocycles. The molecule has 0 fully saturated rings. The van der Waals surface area contributed by atoms with Gasteiger partial charge in [-0.1, -0.05) is 32.8 Å². The molecule has 0 atom stereocenters. The molecular formula is C20H27NO2. The molecule has 0 amide bonds. The summed E-state index contributed by atoms with van der Waals surface area (Å²) in [5.41, 5.74) is 3.19. The molecule has 0 aliphatic rings. The lowest BCUT2D eigenvalue weighted by Crippen LogP contribution is -1.97. The van der Waals surface area contributed by atoms with E-state index in [-0.39, 0.29) is 0 Å². The van der Waals surface area contributed by atoms with Crippen molar-refractivity contribution in [1.29, 1.82) is 0 Å². The molecule has 0 saturated heterocycles. The van der Waals surface area contributed by atoms with Gasteiger partial charge in [0.1, 0.15) is 5.75 Å². The van der Waals surface area contributed by atoms with Crippen molar-refractivity contribution in [2.45, 2.75) is 46.1 Å². The Balaban J connectivity index is 1.88. The standard InChI is InChI=1S/C20H27NO2/c1-3-5-13-22-16-17-7-12-20(21-15-17)18-8-10-19(11-9-18)23-14-6-4-2/h7-12,15H,3-6,13-14,16H2,1-2H3. The molecule has 0 saturated carbocycles. The van der Waals surface area contributed by atoms with E-state index in [4.69, 9.17) is 9.47 Å². The Morgan fingerprint density at radius 1 is 0.870 bits per heavy atom. The van der Waals surface area contributed by atoms with Gasteiger partial charge in [0.2, 0.25) is 0 Å². The van der Waals surface area contributed by atoms with Crippen LogP contribution in [0.3, 0.4) is 0 Å². The highest BCUT2D eigenvalue weighted by atomic mass is 16.5. The first-order valence-electron chi connectivity index (χ1n) is 8.59. The third kappa shape index (κ3) is 6.03. The van der Waals surface area contributed by atoms with E-state index in [1.165, 1.54) is 0 Å². The molecule has 1 aromatic heterocycles. The van der Waals surface area contributed by atoms with E-state index in [1.807, 2.05) is 24.4 Å². The van der Waals surface area contributed by atoms with Crippen molar-refractivity contribution in [2.75, 3.05) is 13.2 Å². The first-order chi connectivity index (χ1) is 11.3. The van der Waals surface area contributed by atoms with Gasteiger partial charge in [0, 0.05) is 18.4 Å². The summed E-state index contributed by atoms with van der Waals surface area (Å²) in [6.45, 7) is 6.56. The maximum Gasteiger partial charge on any atom is 0.119 e. The molecule has 0 aliphatic heterocycles. The molecule has 3 heteroatoms. The Morgan fingerprint density at radius 2 is 1.61 bits per heavy atom. The normalized spacial score (nSPS) is 10.7. The van der Waals surface area contributed by atoms with Crippen LogP contribution in [-0.4, -0.2) is 18.2 Å². The molecular weight excluding hydrogens is 286 g/mol. The van der Waals surface area contributed by atoms with E-state index in [9.17, 15) is 0 Å². The molecule has 2 aromatic rings. The minimum absolute atomic E-state index is 0.636. The molecule has 0 N–H and O–H groups in total. The van der Waals surface area contributed by atoms with Crippen molar-refractivity contribution < 1.29 is 9.47 Å². The Kier molecular flexibility index (Phi) is 7.61. The fourth-order valence-electron chi connectivity index (χ4n) is 2.17. The van der Waals surface area contributed by atoms with Crippen molar-refractivity contribution >= 4 is 0 Å². The SMILES string of the molecule is CCCCOCc1ccc(-c2ccc(OCCCC)cc2)nc1. The van der Waals surface area contributed by atoms with Gasteiger partial charge >= 0.3 is 0 Å². The summed E-state index contributed by atoms with van der Waals surface area (Å²) in [6, 6.07) is 12.3. The van der Waals surface area contributed by atoms with Gasteiger partial charge in [-0.2, -0.15) is 0 Å². The zero-order valence-electron chi connectivity index (χ0n) is 14.3. The van der Waals surface area contributed by atoms with Crippen LogP contribution < -0.4 is 4.74 Å². The van der Waals surface area contributed by atoms with Crippen LogP contribution in [0.5, 0.6) is 5.75 Å². The van der Waals surface area contributed by atoms with Crippen molar-refractivity contribution in [2.24, 2.45) is 0 Å². The molecule has 1 aromatic carbocycles. The molecule has 0 radical (unpaired) electrons. The quantitative estimate of drug-likeness (QED) is 0.562. The maximum atomic E-state index is 5.68. The average Bonchev–Trinajstić information content (AvgIpc) is 2.60. The minimum atomic E-state index is 0.636. The Morgan fingerprint density at radius 3 is 2.26 bits per heavy atom. The van der Waals surface area contributed by atoms with Crippen LogP contribution in [0.4, 0.5) is 0 Å². The smallest absolute Gasteiger partial charge is 0.119 e. The average molecular weight is 313 g/mol. The van der Waals surface area contributed by atoms with Crippen molar-refractivity contribution in [3.05, 3.63) is 48.2 Å². The summed E-state index contributed by atoms with van der Waals surface area (Å²) in [5, 5.41) is 0. The molecule has 0 unspecified atom stereocenters. The number of hydrogen-bond acceptors (Lipinski definition) is 3. The predicted octanol–water partition coefficient (Wildman–Crippen LogP) is 5.24. The van der Waals surface area contributed by atoms with E-state index in [0.29, 0.717) is 6.61 Å². The lowest BCUT2D eigenvalue weighted by atomic mass is 10.1. The van der Waals surface area contributed by atoms with E-state index >= 15 is 0 Å². The van der Waals surface area contributed by atoms with Gasteiger partial charge in [-0.3, -0.25) is 4.98 Å². The fraction of sp³-hybridized carbons (Fsp3) is 0.450. The van der Waals surface area contributed by atoms with Crippen LogP contribution in [0, 0.1) is 0 Å².